The fourth-order valence-corrected chi connectivity index (χ4v) is 1.06. The second kappa shape index (κ2) is 3.49. The van der Waals surface area contributed by atoms with E-state index in [2.05, 4.69) is 0 Å². The average molecular weight is 158 g/mol. The molecule has 0 aliphatic heterocycles. The molecule has 1 heterocycles. The highest BCUT2D eigenvalue weighted by Crippen LogP contribution is 2.10. The van der Waals surface area contributed by atoms with Crippen LogP contribution in [0.3, 0.4) is 0 Å². The molecule has 0 fully saturated rings. The predicted molar refractivity (Wildman–Crippen MR) is 34.9 cm³/mol. The summed E-state index contributed by atoms with van der Waals surface area (Å²) in [4.78, 5) is 10.1. The van der Waals surface area contributed by atoms with Gasteiger partial charge in [-0.2, -0.15) is 0 Å². The molecule has 3 nitrogen and oxygen atoms in total. The average Bonchev–Trinajstić information content (AvgIpc) is 2.34. The molecule has 10 heavy (non-hydrogen) atoms. The molecule has 1 unspecified atom stereocenters. The highest BCUT2D eigenvalue weighted by Gasteiger charge is 2.02. The molecule has 1 aromatic rings. The minimum atomic E-state index is -2.27. The summed E-state index contributed by atoms with van der Waals surface area (Å²) in [7, 11) is -2.27. The molecule has 0 spiro atoms. The van der Waals surface area contributed by atoms with Gasteiger partial charge in [-0.3, -0.25) is 0 Å². The van der Waals surface area contributed by atoms with Crippen molar-refractivity contribution in [3.05, 3.63) is 24.2 Å². The Kier molecular flexibility index (Phi) is 2.60. The van der Waals surface area contributed by atoms with Crippen LogP contribution in [-0.2, 0) is 11.0 Å². The molecular formula is C6H7O3P. The normalized spacial score (nSPS) is 11.5. The van der Waals surface area contributed by atoms with Gasteiger partial charge in [-0.1, -0.05) is 4.57 Å². The van der Waals surface area contributed by atoms with Crippen molar-refractivity contribution in [3.8, 4) is 0 Å². The highest BCUT2D eigenvalue weighted by atomic mass is 31.1. The van der Waals surface area contributed by atoms with Gasteiger partial charge < -0.3 is 9.31 Å². The minimum Gasteiger partial charge on any atom is -0.596 e. The maximum atomic E-state index is 10.1. The molecule has 1 aromatic heterocycles. The van der Waals surface area contributed by atoms with E-state index in [0.29, 0.717) is 6.42 Å². The third-order valence-corrected chi connectivity index (χ3v) is 1.71. The van der Waals surface area contributed by atoms with E-state index in [9.17, 15) is 9.46 Å². The van der Waals surface area contributed by atoms with Crippen LogP contribution in [0.4, 0.5) is 0 Å². The van der Waals surface area contributed by atoms with Crippen molar-refractivity contribution in [2.45, 2.75) is 6.42 Å². The summed E-state index contributed by atoms with van der Waals surface area (Å²) in [6.07, 6.45) is 2.18. The van der Waals surface area contributed by atoms with E-state index in [4.69, 9.17) is 4.42 Å². The number of hydrogen-bond acceptors (Lipinski definition) is 3. The van der Waals surface area contributed by atoms with E-state index >= 15 is 0 Å². The van der Waals surface area contributed by atoms with Crippen LogP contribution in [-0.4, -0.2) is 6.16 Å². The van der Waals surface area contributed by atoms with E-state index < -0.39 is 8.03 Å². The van der Waals surface area contributed by atoms with Gasteiger partial charge in [0.2, 0.25) is 0 Å². The summed E-state index contributed by atoms with van der Waals surface area (Å²) in [5.41, 5.74) is 0. The van der Waals surface area contributed by atoms with Gasteiger partial charge in [0.05, 0.1) is 6.26 Å². The van der Waals surface area contributed by atoms with E-state index in [0.717, 1.165) is 5.76 Å². The summed E-state index contributed by atoms with van der Waals surface area (Å²) >= 11 is 0. The molecule has 0 aliphatic carbocycles. The lowest BCUT2D eigenvalue weighted by Gasteiger charge is -1.87. The first-order chi connectivity index (χ1) is 4.79. The van der Waals surface area contributed by atoms with Crippen LogP contribution in [0.15, 0.2) is 22.8 Å². The topological polar surface area (TPSA) is 53.3 Å². The molecule has 0 saturated carbocycles. The van der Waals surface area contributed by atoms with E-state index in [1.54, 1.807) is 12.1 Å². The summed E-state index contributed by atoms with van der Waals surface area (Å²) in [6, 6.07) is 3.51. The van der Waals surface area contributed by atoms with E-state index in [1.165, 1.54) is 6.26 Å². The number of rotatable bonds is 3. The van der Waals surface area contributed by atoms with Gasteiger partial charge in [-0.05, 0) is 12.1 Å². The van der Waals surface area contributed by atoms with Crippen molar-refractivity contribution in [1.82, 2.24) is 0 Å². The fourth-order valence-electron chi connectivity index (χ4n) is 0.656. The summed E-state index contributed by atoms with van der Waals surface area (Å²) in [5.74, 6) is 0.721. The molecular weight excluding hydrogens is 151 g/mol. The Hall–Kier alpha value is -0.660. The molecule has 0 radical (unpaired) electrons. The van der Waals surface area contributed by atoms with Crippen molar-refractivity contribution < 1.29 is 13.9 Å². The molecule has 0 N–H and O–H groups in total. The van der Waals surface area contributed by atoms with Crippen LogP contribution in [0.25, 0.3) is 0 Å². The van der Waals surface area contributed by atoms with Crippen molar-refractivity contribution in [1.29, 1.82) is 0 Å². The van der Waals surface area contributed by atoms with Crippen molar-refractivity contribution in [2.24, 2.45) is 0 Å². The lowest BCUT2D eigenvalue weighted by atomic mass is 10.4. The molecule has 0 bridgehead atoms. The molecule has 54 valence electrons. The molecule has 0 saturated heterocycles. The fraction of sp³-hybridized carbons (Fsp3) is 0.333. The van der Waals surface area contributed by atoms with Gasteiger partial charge in [-0.15, -0.1) is 0 Å². The standard InChI is InChI=1S/C6H7O3P/c7-10(8)5-3-6-2-1-4-9-6/h1-2,4H,3,5H2. The van der Waals surface area contributed by atoms with Gasteiger partial charge in [-0.25, -0.2) is 0 Å². The molecule has 1 rings (SSSR count). The zero-order chi connectivity index (χ0) is 7.40. The Morgan fingerprint density at radius 3 is 3.00 bits per heavy atom. The quantitative estimate of drug-likeness (QED) is 0.614. The zero-order valence-corrected chi connectivity index (χ0v) is 6.21. The lowest BCUT2D eigenvalue weighted by molar-refractivity contribution is -0.164. The minimum absolute atomic E-state index is 0.169. The Balaban J connectivity index is 2.35. The molecule has 0 aliphatic rings. The van der Waals surface area contributed by atoms with Crippen molar-refractivity contribution in [2.75, 3.05) is 6.16 Å². The van der Waals surface area contributed by atoms with Gasteiger partial charge in [0.25, 0.3) is 0 Å². The van der Waals surface area contributed by atoms with Gasteiger partial charge in [0.15, 0.2) is 0 Å². The second-order valence-corrected chi connectivity index (χ2v) is 3.00. The SMILES string of the molecule is O=[P+]([O-])CCc1ccco1. The Morgan fingerprint density at radius 1 is 1.70 bits per heavy atom. The Morgan fingerprint density at radius 2 is 2.50 bits per heavy atom. The van der Waals surface area contributed by atoms with E-state index in [1.807, 2.05) is 0 Å². The van der Waals surface area contributed by atoms with Crippen LogP contribution in [0, 0.1) is 0 Å². The van der Waals surface area contributed by atoms with Gasteiger partial charge in [0, 0.05) is 6.42 Å². The largest absolute Gasteiger partial charge is 0.596 e. The van der Waals surface area contributed by atoms with E-state index in [-0.39, 0.29) is 6.16 Å². The molecule has 0 amide bonds. The van der Waals surface area contributed by atoms with Gasteiger partial charge >= 0.3 is 8.03 Å². The Labute approximate surface area is 59.5 Å². The maximum Gasteiger partial charge on any atom is 0.309 e. The third kappa shape index (κ3) is 2.29. The van der Waals surface area contributed by atoms with Crippen molar-refractivity contribution in [3.63, 3.8) is 0 Å². The predicted octanol–water partition coefficient (Wildman–Crippen LogP) is 0.925. The number of furan rings is 1. The first-order valence-electron chi connectivity index (χ1n) is 2.93. The van der Waals surface area contributed by atoms with Crippen LogP contribution < -0.4 is 4.89 Å². The van der Waals surface area contributed by atoms with Gasteiger partial charge in [0.1, 0.15) is 11.9 Å². The van der Waals surface area contributed by atoms with Crippen LogP contribution in [0.5, 0.6) is 0 Å². The molecule has 4 heteroatoms. The zero-order valence-electron chi connectivity index (χ0n) is 5.32. The van der Waals surface area contributed by atoms with Crippen LogP contribution in [0.2, 0.25) is 0 Å². The Bertz CT molecular complexity index is 205. The lowest BCUT2D eigenvalue weighted by Crippen LogP contribution is -1.93. The monoisotopic (exact) mass is 158 g/mol. The summed E-state index contributed by atoms with van der Waals surface area (Å²) in [5, 5.41) is 0. The highest BCUT2D eigenvalue weighted by molar-refractivity contribution is 7.36. The van der Waals surface area contributed by atoms with Crippen LogP contribution in [0.1, 0.15) is 5.76 Å². The summed E-state index contributed by atoms with van der Waals surface area (Å²) < 4.78 is 15.0. The first kappa shape index (κ1) is 7.45. The van der Waals surface area contributed by atoms with Crippen LogP contribution >= 0.6 is 8.03 Å². The second-order valence-electron chi connectivity index (χ2n) is 1.89. The smallest absolute Gasteiger partial charge is 0.309 e. The third-order valence-electron chi connectivity index (χ3n) is 1.12. The molecule has 0 aromatic carbocycles. The first-order valence-corrected chi connectivity index (χ1v) is 4.29. The molecule has 1 atom stereocenters. The number of aryl methyl sites for hydroxylation is 1. The number of hydrogen-bond donors (Lipinski definition) is 0. The van der Waals surface area contributed by atoms with Crippen molar-refractivity contribution >= 4 is 8.03 Å². The maximum absolute atomic E-state index is 10.1. The summed E-state index contributed by atoms with van der Waals surface area (Å²) in [6.45, 7) is 0.